The van der Waals surface area contributed by atoms with Crippen LogP contribution in [-0.4, -0.2) is 6.61 Å². The zero-order chi connectivity index (χ0) is 10.2. The van der Waals surface area contributed by atoms with Gasteiger partial charge in [0.15, 0.2) is 0 Å². The van der Waals surface area contributed by atoms with Crippen LogP contribution in [0.1, 0.15) is 18.6 Å². The second kappa shape index (κ2) is 3.21. The highest BCUT2D eigenvalue weighted by Crippen LogP contribution is 2.46. The van der Waals surface area contributed by atoms with Crippen LogP contribution < -0.4 is 0 Å². The summed E-state index contributed by atoms with van der Waals surface area (Å²) < 4.78 is 18.2. The molecule has 0 saturated carbocycles. The zero-order valence-electron chi connectivity index (χ0n) is 8.16. The van der Waals surface area contributed by atoms with E-state index >= 15 is 0 Å². The number of hydrogen-bond donors (Lipinski definition) is 0. The van der Waals surface area contributed by atoms with Crippen molar-refractivity contribution in [2.45, 2.75) is 13.0 Å². The molecule has 1 nitrogen and oxygen atoms in total. The van der Waals surface area contributed by atoms with Gasteiger partial charge in [0, 0.05) is 5.41 Å². The third kappa shape index (κ3) is 1.36. The molecule has 0 unspecified atom stereocenters. The highest BCUT2D eigenvalue weighted by molar-refractivity contribution is 5.24. The van der Waals surface area contributed by atoms with Gasteiger partial charge in [-0.05, 0) is 17.7 Å². The third-order valence-electron chi connectivity index (χ3n) is 2.80. The van der Waals surface area contributed by atoms with Crippen LogP contribution in [-0.2, 0) is 4.74 Å². The van der Waals surface area contributed by atoms with Gasteiger partial charge in [-0.15, -0.1) is 6.58 Å². The van der Waals surface area contributed by atoms with Crippen LogP contribution >= 0.6 is 0 Å². The normalized spacial score (nSPS) is 30.9. The molecule has 0 aromatic heterocycles. The number of ether oxygens (including phenoxy) is 1. The fourth-order valence-corrected chi connectivity index (χ4v) is 1.71. The Hall–Kier alpha value is -1.15. The molecule has 14 heavy (non-hydrogen) atoms. The predicted octanol–water partition coefficient (Wildman–Crippen LogP) is 3.09. The summed E-state index contributed by atoms with van der Waals surface area (Å²) in [6.45, 7) is 6.58. The Balaban J connectivity index is 2.24. The molecule has 1 aromatic carbocycles. The van der Waals surface area contributed by atoms with E-state index in [9.17, 15) is 4.39 Å². The fourth-order valence-electron chi connectivity index (χ4n) is 1.71. The largest absolute Gasteiger partial charge is 0.372 e. The van der Waals surface area contributed by atoms with Gasteiger partial charge in [0.05, 0.1) is 12.7 Å². The van der Waals surface area contributed by atoms with Crippen molar-refractivity contribution in [2.24, 2.45) is 5.41 Å². The van der Waals surface area contributed by atoms with Gasteiger partial charge in [0.25, 0.3) is 0 Å². The molecule has 0 bridgehead atoms. The van der Waals surface area contributed by atoms with Crippen LogP contribution in [0.15, 0.2) is 36.9 Å². The van der Waals surface area contributed by atoms with Crippen LogP contribution in [0, 0.1) is 11.2 Å². The maximum absolute atomic E-state index is 12.7. The Kier molecular flexibility index (Phi) is 2.16. The molecule has 1 aliphatic rings. The van der Waals surface area contributed by atoms with Crippen molar-refractivity contribution >= 4 is 0 Å². The van der Waals surface area contributed by atoms with Crippen molar-refractivity contribution in [3.63, 3.8) is 0 Å². The van der Waals surface area contributed by atoms with Gasteiger partial charge < -0.3 is 4.74 Å². The Morgan fingerprint density at radius 2 is 2.14 bits per heavy atom. The van der Waals surface area contributed by atoms with Crippen LogP contribution in [0.5, 0.6) is 0 Å². The van der Waals surface area contributed by atoms with Gasteiger partial charge in [-0.2, -0.15) is 0 Å². The van der Waals surface area contributed by atoms with Gasteiger partial charge in [0.1, 0.15) is 5.82 Å². The lowest BCUT2D eigenvalue weighted by Crippen LogP contribution is -2.41. The van der Waals surface area contributed by atoms with E-state index in [1.54, 1.807) is 12.1 Å². The van der Waals surface area contributed by atoms with Crippen molar-refractivity contribution in [3.8, 4) is 0 Å². The van der Waals surface area contributed by atoms with E-state index in [1.807, 2.05) is 6.08 Å². The van der Waals surface area contributed by atoms with E-state index < -0.39 is 0 Å². The Morgan fingerprint density at radius 1 is 1.50 bits per heavy atom. The SMILES string of the molecule is C=C[C@]1(C)CO[C@@H]1c1ccc(F)cc1. The average Bonchev–Trinajstić information content (AvgIpc) is 2.18. The monoisotopic (exact) mass is 192 g/mol. The summed E-state index contributed by atoms with van der Waals surface area (Å²) in [5.41, 5.74) is 1.01. The number of halogens is 1. The topological polar surface area (TPSA) is 9.23 Å². The van der Waals surface area contributed by atoms with Crippen LogP contribution in [0.4, 0.5) is 4.39 Å². The summed E-state index contributed by atoms with van der Waals surface area (Å²) in [5.74, 6) is -0.214. The maximum atomic E-state index is 12.7. The molecule has 1 fully saturated rings. The zero-order valence-corrected chi connectivity index (χ0v) is 8.16. The van der Waals surface area contributed by atoms with Crippen molar-refractivity contribution < 1.29 is 9.13 Å². The van der Waals surface area contributed by atoms with E-state index in [2.05, 4.69) is 13.5 Å². The number of hydrogen-bond acceptors (Lipinski definition) is 1. The highest BCUT2D eigenvalue weighted by atomic mass is 19.1. The minimum absolute atomic E-state index is 0.00215. The first-order valence-corrected chi connectivity index (χ1v) is 4.66. The molecule has 1 aliphatic heterocycles. The first kappa shape index (κ1) is 9.41. The van der Waals surface area contributed by atoms with E-state index in [4.69, 9.17) is 4.74 Å². The summed E-state index contributed by atoms with van der Waals surface area (Å²) in [6, 6.07) is 6.45. The first-order valence-electron chi connectivity index (χ1n) is 4.66. The molecule has 2 heteroatoms. The molecule has 2 rings (SSSR count). The molecule has 0 spiro atoms. The second-order valence-corrected chi connectivity index (χ2v) is 3.95. The summed E-state index contributed by atoms with van der Waals surface area (Å²) in [7, 11) is 0. The summed E-state index contributed by atoms with van der Waals surface area (Å²) >= 11 is 0. The summed E-state index contributed by atoms with van der Waals surface area (Å²) in [5, 5.41) is 0. The summed E-state index contributed by atoms with van der Waals surface area (Å²) in [4.78, 5) is 0. The summed E-state index contributed by atoms with van der Waals surface area (Å²) in [6.07, 6.45) is 1.94. The number of rotatable bonds is 2. The standard InChI is InChI=1S/C12H13FO/c1-3-12(2)8-14-11(12)9-4-6-10(13)7-5-9/h3-7,11H,1,8H2,2H3/t11-,12-/m1/s1. The van der Waals surface area contributed by atoms with Crippen molar-refractivity contribution in [1.29, 1.82) is 0 Å². The smallest absolute Gasteiger partial charge is 0.123 e. The van der Waals surface area contributed by atoms with Gasteiger partial charge in [-0.1, -0.05) is 25.1 Å². The lowest BCUT2D eigenvalue weighted by molar-refractivity contribution is -0.155. The fraction of sp³-hybridized carbons (Fsp3) is 0.333. The van der Waals surface area contributed by atoms with Gasteiger partial charge in [0.2, 0.25) is 0 Å². The minimum atomic E-state index is -0.214. The molecule has 1 heterocycles. The molecule has 0 aliphatic carbocycles. The molecule has 1 aromatic rings. The average molecular weight is 192 g/mol. The van der Waals surface area contributed by atoms with E-state index in [-0.39, 0.29) is 17.3 Å². The van der Waals surface area contributed by atoms with Crippen LogP contribution in [0.25, 0.3) is 0 Å². The molecule has 2 atom stereocenters. The molecule has 0 amide bonds. The Labute approximate surface area is 83.2 Å². The lowest BCUT2D eigenvalue weighted by atomic mass is 9.77. The van der Waals surface area contributed by atoms with E-state index in [0.717, 1.165) is 5.56 Å². The first-order chi connectivity index (χ1) is 6.65. The van der Waals surface area contributed by atoms with Gasteiger partial charge in [-0.25, -0.2) is 4.39 Å². The quantitative estimate of drug-likeness (QED) is 0.654. The molecule has 0 radical (unpaired) electrons. The molecular formula is C12H13FO. The third-order valence-corrected chi connectivity index (χ3v) is 2.80. The van der Waals surface area contributed by atoms with E-state index in [1.165, 1.54) is 12.1 Å². The molecule has 0 N–H and O–H groups in total. The van der Waals surface area contributed by atoms with Gasteiger partial charge in [-0.3, -0.25) is 0 Å². The Morgan fingerprint density at radius 3 is 2.57 bits per heavy atom. The molecule has 1 saturated heterocycles. The predicted molar refractivity (Wildman–Crippen MR) is 53.4 cm³/mol. The van der Waals surface area contributed by atoms with Gasteiger partial charge >= 0.3 is 0 Å². The number of benzene rings is 1. The van der Waals surface area contributed by atoms with Crippen molar-refractivity contribution in [1.82, 2.24) is 0 Å². The minimum Gasteiger partial charge on any atom is -0.372 e. The second-order valence-electron chi connectivity index (χ2n) is 3.95. The molecule has 74 valence electrons. The molecular weight excluding hydrogens is 179 g/mol. The van der Waals surface area contributed by atoms with E-state index in [0.29, 0.717) is 6.61 Å². The van der Waals surface area contributed by atoms with Crippen LogP contribution in [0.2, 0.25) is 0 Å². The van der Waals surface area contributed by atoms with Crippen molar-refractivity contribution in [3.05, 3.63) is 48.3 Å². The highest BCUT2D eigenvalue weighted by Gasteiger charge is 2.42. The Bertz CT molecular complexity index is 344. The maximum Gasteiger partial charge on any atom is 0.123 e. The van der Waals surface area contributed by atoms with Crippen LogP contribution in [0.3, 0.4) is 0 Å². The lowest BCUT2D eigenvalue weighted by Gasteiger charge is -2.45. The van der Waals surface area contributed by atoms with Crippen molar-refractivity contribution in [2.75, 3.05) is 6.61 Å².